The molecule has 1 saturated heterocycles. The van der Waals surface area contributed by atoms with Crippen LogP contribution in [0.4, 0.5) is 16.6 Å². The van der Waals surface area contributed by atoms with Gasteiger partial charge in [0.1, 0.15) is 5.82 Å². The molecule has 1 aliphatic heterocycles. The summed E-state index contributed by atoms with van der Waals surface area (Å²) in [5, 5.41) is 6.03. The largest absolute Gasteiger partial charge is 0.453 e. The standard InChI is InChI=1S/C14H23N5O2/c1-4-6-15-13-16-8-10(2)12(18-13)19-7-5-11(9-19)17-14(20)21-3/h8,11H,4-7,9H2,1-3H3,(H,17,20)(H,15,16,18). The molecular formula is C14H23N5O2. The summed E-state index contributed by atoms with van der Waals surface area (Å²) in [4.78, 5) is 22.3. The van der Waals surface area contributed by atoms with Gasteiger partial charge in [0.2, 0.25) is 5.95 Å². The van der Waals surface area contributed by atoms with Crippen molar-refractivity contribution in [2.45, 2.75) is 32.7 Å². The van der Waals surface area contributed by atoms with Gasteiger partial charge in [0.05, 0.1) is 13.2 Å². The van der Waals surface area contributed by atoms with Gasteiger partial charge >= 0.3 is 6.09 Å². The Kier molecular flexibility index (Phi) is 5.19. The fourth-order valence-electron chi connectivity index (χ4n) is 2.37. The molecule has 7 heteroatoms. The number of nitrogens with one attached hydrogen (secondary N) is 2. The highest BCUT2D eigenvalue weighted by atomic mass is 16.5. The average molecular weight is 293 g/mol. The number of carbonyl (C=O) groups is 1. The molecule has 116 valence electrons. The third kappa shape index (κ3) is 3.96. The van der Waals surface area contributed by atoms with E-state index in [9.17, 15) is 4.79 Å². The topological polar surface area (TPSA) is 79.4 Å². The summed E-state index contributed by atoms with van der Waals surface area (Å²) in [6, 6.07) is 0.0962. The van der Waals surface area contributed by atoms with Crippen LogP contribution in [0, 0.1) is 6.92 Å². The average Bonchev–Trinajstić information content (AvgIpc) is 2.94. The minimum Gasteiger partial charge on any atom is -0.453 e. The van der Waals surface area contributed by atoms with Gasteiger partial charge in [-0.1, -0.05) is 6.92 Å². The molecule has 1 unspecified atom stereocenters. The van der Waals surface area contributed by atoms with Gasteiger partial charge in [0, 0.05) is 31.4 Å². The van der Waals surface area contributed by atoms with Crippen LogP contribution >= 0.6 is 0 Å². The third-order valence-electron chi connectivity index (χ3n) is 3.47. The summed E-state index contributed by atoms with van der Waals surface area (Å²) in [7, 11) is 1.38. The van der Waals surface area contributed by atoms with E-state index < -0.39 is 0 Å². The Hall–Kier alpha value is -2.05. The van der Waals surface area contributed by atoms with E-state index in [1.165, 1.54) is 7.11 Å². The minimum atomic E-state index is -0.383. The van der Waals surface area contributed by atoms with Gasteiger partial charge in [-0.15, -0.1) is 0 Å². The normalized spacial score (nSPS) is 17.7. The van der Waals surface area contributed by atoms with Gasteiger partial charge in [-0.2, -0.15) is 4.98 Å². The number of hydrogen-bond donors (Lipinski definition) is 2. The molecule has 1 fully saturated rings. The van der Waals surface area contributed by atoms with Crippen molar-refractivity contribution < 1.29 is 9.53 Å². The molecule has 0 bridgehead atoms. The molecule has 0 aromatic carbocycles. The Morgan fingerprint density at radius 3 is 3.10 bits per heavy atom. The van der Waals surface area contributed by atoms with Gasteiger partial charge in [0.15, 0.2) is 0 Å². The van der Waals surface area contributed by atoms with Crippen molar-refractivity contribution in [3.8, 4) is 0 Å². The number of hydrogen-bond acceptors (Lipinski definition) is 6. The molecule has 2 N–H and O–H groups in total. The summed E-state index contributed by atoms with van der Waals surface area (Å²) in [5.74, 6) is 1.58. The van der Waals surface area contributed by atoms with E-state index in [1.54, 1.807) is 0 Å². The third-order valence-corrected chi connectivity index (χ3v) is 3.47. The number of alkyl carbamates (subject to hydrolysis) is 1. The molecule has 1 amide bonds. The van der Waals surface area contributed by atoms with Crippen LogP contribution in [-0.2, 0) is 4.74 Å². The zero-order valence-corrected chi connectivity index (χ0v) is 12.8. The molecule has 7 nitrogen and oxygen atoms in total. The molecule has 1 aromatic rings. The number of aromatic nitrogens is 2. The number of carbonyl (C=O) groups excluding carboxylic acids is 1. The van der Waals surface area contributed by atoms with Crippen molar-refractivity contribution in [2.75, 3.05) is 37.0 Å². The fourth-order valence-corrected chi connectivity index (χ4v) is 2.37. The van der Waals surface area contributed by atoms with Crippen molar-refractivity contribution in [3.05, 3.63) is 11.8 Å². The van der Waals surface area contributed by atoms with Crippen molar-refractivity contribution in [2.24, 2.45) is 0 Å². The number of methoxy groups -OCH3 is 1. The second kappa shape index (κ2) is 7.10. The lowest BCUT2D eigenvalue weighted by molar-refractivity contribution is 0.167. The van der Waals surface area contributed by atoms with E-state index in [0.717, 1.165) is 43.9 Å². The van der Waals surface area contributed by atoms with Gasteiger partial charge in [-0.25, -0.2) is 9.78 Å². The van der Waals surface area contributed by atoms with Gasteiger partial charge in [-0.05, 0) is 19.8 Å². The van der Waals surface area contributed by atoms with Gasteiger partial charge in [-0.3, -0.25) is 0 Å². The van der Waals surface area contributed by atoms with Crippen LogP contribution in [0.1, 0.15) is 25.3 Å². The molecular weight excluding hydrogens is 270 g/mol. The zero-order valence-electron chi connectivity index (χ0n) is 12.8. The van der Waals surface area contributed by atoms with E-state index >= 15 is 0 Å². The number of ether oxygens (including phenoxy) is 1. The maximum Gasteiger partial charge on any atom is 0.407 e. The van der Waals surface area contributed by atoms with Crippen LogP contribution in [0.5, 0.6) is 0 Å². The first-order valence-corrected chi connectivity index (χ1v) is 7.31. The van der Waals surface area contributed by atoms with E-state index in [1.807, 2.05) is 13.1 Å². The zero-order chi connectivity index (χ0) is 15.2. The SMILES string of the molecule is CCCNc1ncc(C)c(N2CCC(NC(=O)OC)C2)n1. The summed E-state index contributed by atoms with van der Waals surface area (Å²) in [5.41, 5.74) is 1.04. The molecule has 0 aliphatic carbocycles. The van der Waals surface area contributed by atoms with Crippen LogP contribution in [0.3, 0.4) is 0 Å². The lowest BCUT2D eigenvalue weighted by atomic mass is 10.3. The van der Waals surface area contributed by atoms with E-state index in [4.69, 9.17) is 0 Å². The van der Waals surface area contributed by atoms with Crippen molar-refractivity contribution in [1.82, 2.24) is 15.3 Å². The molecule has 2 rings (SSSR count). The van der Waals surface area contributed by atoms with Crippen molar-refractivity contribution in [1.29, 1.82) is 0 Å². The summed E-state index contributed by atoms with van der Waals surface area (Å²) < 4.78 is 4.64. The monoisotopic (exact) mass is 293 g/mol. The highest BCUT2D eigenvalue weighted by Gasteiger charge is 2.26. The summed E-state index contributed by atoms with van der Waals surface area (Å²) in [6.45, 7) is 6.56. The molecule has 2 heterocycles. The molecule has 0 radical (unpaired) electrons. The van der Waals surface area contributed by atoms with Crippen molar-refractivity contribution >= 4 is 17.9 Å². The first-order valence-electron chi connectivity index (χ1n) is 7.31. The molecule has 1 aliphatic rings. The maximum atomic E-state index is 11.3. The quantitative estimate of drug-likeness (QED) is 0.857. The van der Waals surface area contributed by atoms with Crippen LogP contribution < -0.4 is 15.5 Å². The Balaban J connectivity index is 2.03. The molecule has 0 saturated carbocycles. The predicted molar refractivity (Wildman–Crippen MR) is 81.7 cm³/mol. The second-order valence-corrected chi connectivity index (χ2v) is 5.19. The van der Waals surface area contributed by atoms with Gasteiger partial charge < -0.3 is 20.3 Å². The van der Waals surface area contributed by atoms with Crippen LogP contribution in [-0.4, -0.2) is 48.8 Å². The van der Waals surface area contributed by atoms with Crippen LogP contribution in [0.25, 0.3) is 0 Å². The minimum absolute atomic E-state index is 0.0962. The lowest BCUT2D eigenvalue weighted by Crippen LogP contribution is -2.37. The first-order chi connectivity index (χ1) is 10.1. The molecule has 0 spiro atoms. The van der Waals surface area contributed by atoms with E-state index in [2.05, 4.69) is 37.2 Å². The Morgan fingerprint density at radius 1 is 1.57 bits per heavy atom. The van der Waals surface area contributed by atoms with Crippen LogP contribution in [0.15, 0.2) is 6.20 Å². The maximum absolute atomic E-state index is 11.3. The summed E-state index contributed by atoms with van der Waals surface area (Å²) >= 11 is 0. The first kappa shape index (κ1) is 15.3. The Bertz CT molecular complexity index is 494. The molecule has 1 aromatic heterocycles. The molecule has 1 atom stereocenters. The highest BCUT2D eigenvalue weighted by Crippen LogP contribution is 2.22. The Morgan fingerprint density at radius 2 is 2.38 bits per heavy atom. The van der Waals surface area contributed by atoms with Gasteiger partial charge in [0.25, 0.3) is 0 Å². The summed E-state index contributed by atoms with van der Waals surface area (Å²) in [6.07, 6.45) is 3.37. The van der Waals surface area contributed by atoms with E-state index in [-0.39, 0.29) is 12.1 Å². The Labute approximate surface area is 125 Å². The predicted octanol–water partition coefficient (Wildman–Crippen LogP) is 1.54. The highest BCUT2D eigenvalue weighted by molar-refractivity contribution is 5.67. The number of rotatable bonds is 5. The van der Waals surface area contributed by atoms with E-state index in [0.29, 0.717) is 5.95 Å². The smallest absolute Gasteiger partial charge is 0.407 e. The number of anilines is 2. The van der Waals surface area contributed by atoms with Crippen LogP contribution in [0.2, 0.25) is 0 Å². The number of nitrogens with zero attached hydrogens (tertiary/aromatic N) is 3. The number of aryl methyl sites for hydroxylation is 1. The lowest BCUT2D eigenvalue weighted by Gasteiger charge is -2.20. The molecule has 21 heavy (non-hydrogen) atoms. The fraction of sp³-hybridized carbons (Fsp3) is 0.643. The second-order valence-electron chi connectivity index (χ2n) is 5.19. The van der Waals surface area contributed by atoms with Crippen molar-refractivity contribution in [3.63, 3.8) is 0 Å². The number of amides is 1.